The van der Waals surface area contributed by atoms with Crippen LogP contribution in [0.5, 0.6) is 0 Å². The van der Waals surface area contributed by atoms with Crippen molar-refractivity contribution >= 4 is 35.1 Å². The van der Waals surface area contributed by atoms with Gasteiger partial charge in [0.25, 0.3) is 17.5 Å². The number of nitro benzene ring substituents is 1. The molecule has 0 saturated carbocycles. The van der Waals surface area contributed by atoms with Crippen LogP contribution in [0.1, 0.15) is 29.8 Å². The van der Waals surface area contributed by atoms with Crippen LogP contribution in [-0.2, 0) is 20.7 Å². The Morgan fingerprint density at radius 3 is 2.42 bits per heavy atom. The van der Waals surface area contributed by atoms with Crippen molar-refractivity contribution in [2.24, 2.45) is 5.92 Å². The fourth-order valence-corrected chi connectivity index (χ4v) is 2.98. The molecule has 0 aromatic heterocycles. The van der Waals surface area contributed by atoms with Crippen molar-refractivity contribution < 1.29 is 28.4 Å². The number of halogens is 2. The number of amides is 2. The number of hydrogen-bond acceptors (Lipinski definition) is 6. The number of rotatable bonds is 10. The fourth-order valence-electron chi connectivity index (χ4n) is 2.79. The molecule has 2 aromatic carbocycles. The second-order valence-corrected chi connectivity index (χ2v) is 7.86. The monoisotopic (exact) mass is 479 g/mol. The van der Waals surface area contributed by atoms with Gasteiger partial charge in [-0.05, 0) is 42.2 Å². The lowest BCUT2D eigenvalue weighted by Crippen LogP contribution is -2.46. The zero-order valence-corrected chi connectivity index (χ0v) is 18.7. The molecular weight excluding hydrogens is 457 g/mol. The number of benzene rings is 2. The summed E-state index contributed by atoms with van der Waals surface area (Å²) in [5.74, 6) is -2.82. The highest BCUT2D eigenvalue weighted by Crippen LogP contribution is 2.25. The van der Waals surface area contributed by atoms with Crippen LogP contribution in [0.3, 0.4) is 0 Å². The third kappa shape index (κ3) is 7.83. The van der Waals surface area contributed by atoms with Gasteiger partial charge < -0.3 is 15.4 Å². The molecule has 0 fully saturated rings. The number of ether oxygens (including phenoxy) is 1. The van der Waals surface area contributed by atoms with E-state index < -0.39 is 41.0 Å². The van der Waals surface area contributed by atoms with E-state index in [4.69, 9.17) is 16.3 Å². The van der Waals surface area contributed by atoms with Gasteiger partial charge in [-0.15, -0.1) is 0 Å². The lowest BCUT2D eigenvalue weighted by molar-refractivity contribution is -0.384. The van der Waals surface area contributed by atoms with E-state index in [-0.39, 0.29) is 28.9 Å². The molecule has 176 valence electrons. The second-order valence-electron chi connectivity index (χ2n) is 7.45. The molecule has 0 spiro atoms. The van der Waals surface area contributed by atoms with Crippen molar-refractivity contribution in [3.05, 3.63) is 74.5 Å². The highest BCUT2D eigenvalue weighted by molar-refractivity contribution is 6.32. The molecule has 0 aliphatic heterocycles. The summed E-state index contributed by atoms with van der Waals surface area (Å²) in [6, 6.07) is 8.28. The van der Waals surface area contributed by atoms with Gasteiger partial charge in [-0.2, -0.15) is 0 Å². The number of nitrogens with zero attached hydrogens (tertiary/aromatic N) is 1. The first-order valence-corrected chi connectivity index (χ1v) is 10.4. The average molecular weight is 480 g/mol. The van der Waals surface area contributed by atoms with E-state index >= 15 is 0 Å². The van der Waals surface area contributed by atoms with Gasteiger partial charge in [0.05, 0.1) is 4.92 Å². The van der Waals surface area contributed by atoms with Gasteiger partial charge in [-0.3, -0.25) is 19.7 Å². The largest absolute Gasteiger partial charge is 0.454 e. The Labute approximate surface area is 194 Å². The summed E-state index contributed by atoms with van der Waals surface area (Å²) in [5, 5.41) is 15.9. The van der Waals surface area contributed by atoms with Gasteiger partial charge in [-0.25, -0.2) is 9.18 Å². The van der Waals surface area contributed by atoms with Crippen LogP contribution in [0.15, 0.2) is 42.5 Å². The maximum atomic E-state index is 12.9. The molecule has 2 rings (SSSR count). The molecule has 0 saturated heterocycles. The number of nitro groups is 1. The first-order chi connectivity index (χ1) is 15.6. The molecule has 0 aliphatic rings. The minimum atomic E-state index is -1.08. The Bertz CT molecular complexity index is 1030. The SMILES string of the molecule is CC(C)C(NC(=O)c1ccc(Cl)c([N+](=O)[O-])c1)C(=O)OCC(=O)NCCc1ccc(F)cc1. The third-order valence-electron chi connectivity index (χ3n) is 4.61. The van der Waals surface area contributed by atoms with Crippen molar-refractivity contribution in [1.82, 2.24) is 10.6 Å². The Morgan fingerprint density at radius 1 is 1.15 bits per heavy atom. The summed E-state index contributed by atoms with van der Waals surface area (Å²) in [7, 11) is 0. The topological polar surface area (TPSA) is 128 Å². The zero-order chi connectivity index (χ0) is 24.5. The van der Waals surface area contributed by atoms with E-state index in [0.717, 1.165) is 11.6 Å². The quantitative estimate of drug-likeness (QED) is 0.306. The maximum absolute atomic E-state index is 12.9. The lowest BCUT2D eigenvalue weighted by Gasteiger charge is -2.20. The summed E-state index contributed by atoms with van der Waals surface area (Å²) in [5.41, 5.74) is 0.340. The maximum Gasteiger partial charge on any atom is 0.329 e. The van der Waals surface area contributed by atoms with Crippen LogP contribution >= 0.6 is 11.6 Å². The summed E-state index contributed by atoms with van der Waals surface area (Å²) in [6.45, 7) is 3.05. The number of carbonyl (C=O) groups is 3. The Kier molecular flexibility index (Phi) is 9.29. The summed E-state index contributed by atoms with van der Waals surface area (Å²) in [6.07, 6.45) is 0.470. The smallest absolute Gasteiger partial charge is 0.329 e. The van der Waals surface area contributed by atoms with Crippen LogP contribution in [0, 0.1) is 21.8 Å². The molecule has 1 unspecified atom stereocenters. The molecule has 0 aliphatic carbocycles. The van der Waals surface area contributed by atoms with Crippen molar-refractivity contribution in [2.45, 2.75) is 26.3 Å². The van der Waals surface area contributed by atoms with E-state index in [2.05, 4.69) is 10.6 Å². The minimum absolute atomic E-state index is 0.0527. The lowest BCUT2D eigenvalue weighted by atomic mass is 10.0. The molecule has 2 N–H and O–H groups in total. The second kappa shape index (κ2) is 11.9. The summed E-state index contributed by atoms with van der Waals surface area (Å²) >= 11 is 5.75. The van der Waals surface area contributed by atoms with Gasteiger partial charge in [0.2, 0.25) is 0 Å². The first kappa shape index (κ1) is 25.7. The van der Waals surface area contributed by atoms with Crippen molar-refractivity contribution in [2.75, 3.05) is 13.2 Å². The number of hydrogen-bond donors (Lipinski definition) is 2. The third-order valence-corrected chi connectivity index (χ3v) is 4.93. The predicted octanol–water partition coefficient (Wildman–Crippen LogP) is 3.04. The number of nitrogens with one attached hydrogen (secondary N) is 2. The summed E-state index contributed by atoms with van der Waals surface area (Å²) in [4.78, 5) is 47.2. The fraction of sp³-hybridized carbons (Fsp3) is 0.318. The molecule has 0 heterocycles. The van der Waals surface area contributed by atoms with E-state index in [1.807, 2.05) is 0 Å². The number of carbonyl (C=O) groups excluding carboxylic acids is 3. The van der Waals surface area contributed by atoms with Crippen LogP contribution < -0.4 is 10.6 Å². The highest BCUT2D eigenvalue weighted by Gasteiger charge is 2.27. The van der Waals surface area contributed by atoms with Crippen molar-refractivity contribution in [3.8, 4) is 0 Å². The van der Waals surface area contributed by atoms with Crippen molar-refractivity contribution in [3.63, 3.8) is 0 Å². The Hall–Kier alpha value is -3.53. The van der Waals surface area contributed by atoms with E-state index in [0.29, 0.717) is 6.42 Å². The molecular formula is C22H23ClFN3O6. The molecule has 2 amide bonds. The van der Waals surface area contributed by atoms with E-state index in [1.165, 1.54) is 24.3 Å². The van der Waals surface area contributed by atoms with Gasteiger partial charge >= 0.3 is 5.97 Å². The molecule has 2 aromatic rings. The van der Waals surface area contributed by atoms with Gasteiger partial charge in [0.1, 0.15) is 16.9 Å². The molecule has 0 bridgehead atoms. The van der Waals surface area contributed by atoms with Crippen LogP contribution in [0.4, 0.5) is 10.1 Å². The van der Waals surface area contributed by atoms with Crippen LogP contribution in [-0.4, -0.2) is 41.9 Å². The Morgan fingerprint density at radius 2 is 1.82 bits per heavy atom. The van der Waals surface area contributed by atoms with Crippen LogP contribution in [0.25, 0.3) is 0 Å². The van der Waals surface area contributed by atoms with Crippen LogP contribution in [0.2, 0.25) is 5.02 Å². The van der Waals surface area contributed by atoms with E-state index in [1.54, 1.807) is 26.0 Å². The standard InChI is InChI=1S/C22H23ClFN3O6/c1-13(2)20(26-21(29)15-5-8-17(23)18(11-15)27(31)32)22(30)33-12-19(28)25-10-9-14-3-6-16(24)7-4-14/h3-8,11,13,20H,9-10,12H2,1-2H3,(H,25,28)(H,26,29). The molecule has 11 heteroatoms. The zero-order valence-electron chi connectivity index (χ0n) is 18.0. The van der Waals surface area contributed by atoms with Crippen molar-refractivity contribution in [1.29, 1.82) is 0 Å². The van der Waals surface area contributed by atoms with Gasteiger partial charge in [0.15, 0.2) is 6.61 Å². The average Bonchev–Trinajstić information content (AvgIpc) is 2.76. The normalized spacial score (nSPS) is 11.5. The predicted molar refractivity (Wildman–Crippen MR) is 118 cm³/mol. The highest BCUT2D eigenvalue weighted by atomic mass is 35.5. The number of esters is 1. The molecule has 1 atom stereocenters. The van der Waals surface area contributed by atoms with Gasteiger partial charge in [0, 0.05) is 18.2 Å². The Balaban J connectivity index is 1.88. The minimum Gasteiger partial charge on any atom is -0.454 e. The van der Waals surface area contributed by atoms with Gasteiger partial charge in [-0.1, -0.05) is 37.6 Å². The molecule has 0 radical (unpaired) electrons. The molecule has 9 nitrogen and oxygen atoms in total. The first-order valence-electron chi connectivity index (χ1n) is 10.0. The van der Waals surface area contributed by atoms with E-state index in [9.17, 15) is 28.9 Å². The summed E-state index contributed by atoms with van der Waals surface area (Å²) < 4.78 is 17.9. The molecule has 33 heavy (non-hydrogen) atoms.